The Morgan fingerprint density at radius 2 is 1.50 bits per heavy atom. The molecule has 0 saturated carbocycles. The normalized spacial score (nSPS) is 14.5. The molecule has 6 heteroatoms. The third-order valence-electron chi connectivity index (χ3n) is 3.89. The minimum Gasteiger partial charge on any atom is -0.465 e. The first-order chi connectivity index (χ1) is 12.5. The molecule has 0 aliphatic carbocycles. The van der Waals surface area contributed by atoms with Crippen LogP contribution in [0.2, 0.25) is 0 Å². The lowest BCUT2D eigenvalue weighted by molar-refractivity contribution is -0.160. The highest BCUT2D eigenvalue weighted by Gasteiger charge is 2.36. The Labute approximate surface area is 156 Å². The number of hydrogen-bond donors (Lipinski definition) is 1. The summed E-state index contributed by atoms with van der Waals surface area (Å²) in [5, 5.41) is 3.28. The summed E-state index contributed by atoms with van der Waals surface area (Å²) >= 11 is 0. The second-order valence-corrected chi connectivity index (χ2v) is 6.16. The van der Waals surface area contributed by atoms with E-state index in [1.165, 1.54) is 0 Å². The van der Waals surface area contributed by atoms with Crippen LogP contribution in [0, 0.1) is 5.92 Å². The maximum atomic E-state index is 12.5. The van der Waals surface area contributed by atoms with Crippen molar-refractivity contribution < 1.29 is 23.8 Å². The number of nitrogens with one attached hydrogen (secondary N) is 1. The van der Waals surface area contributed by atoms with Gasteiger partial charge in [0.2, 0.25) is 0 Å². The van der Waals surface area contributed by atoms with Crippen LogP contribution in [0.25, 0.3) is 0 Å². The number of ether oxygens (including phenoxy) is 3. The van der Waals surface area contributed by atoms with Crippen LogP contribution in [0.15, 0.2) is 30.3 Å². The predicted molar refractivity (Wildman–Crippen MR) is 99.6 cm³/mol. The number of carbonyl (C=O) groups is 2. The van der Waals surface area contributed by atoms with Crippen molar-refractivity contribution in [1.29, 1.82) is 0 Å². The summed E-state index contributed by atoms with van der Waals surface area (Å²) < 4.78 is 16.1. The van der Waals surface area contributed by atoms with E-state index < -0.39 is 24.2 Å². The van der Waals surface area contributed by atoms with Gasteiger partial charge in [0.25, 0.3) is 0 Å². The fourth-order valence-corrected chi connectivity index (χ4v) is 2.68. The summed E-state index contributed by atoms with van der Waals surface area (Å²) in [6, 6.07) is 8.34. The molecule has 0 amide bonds. The van der Waals surface area contributed by atoms with Gasteiger partial charge in [0.1, 0.15) is 6.04 Å². The molecule has 6 nitrogen and oxygen atoms in total. The van der Waals surface area contributed by atoms with Crippen molar-refractivity contribution in [2.24, 2.45) is 5.92 Å². The second-order valence-electron chi connectivity index (χ2n) is 6.16. The maximum Gasteiger partial charge on any atom is 0.337 e. The monoisotopic (exact) mass is 365 g/mol. The van der Waals surface area contributed by atoms with Gasteiger partial charge in [0, 0.05) is 6.61 Å². The van der Waals surface area contributed by atoms with Gasteiger partial charge < -0.3 is 14.2 Å². The number of benzene rings is 1. The molecule has 0 aliphatic rings. The predicted octanol–water partition coefficient (Wildman–Crippen LogP) is 2.87. The molecule has 1 rings (SSSR count). The molecule has 0 aliphatic heterocycles. The lowest BCUT2D eigenvalue weighted by Gasteiger charge is -2.31. The summed E-state index contributed by atoms with van der Waals surface area (Å²) in [5.41, 5.74) is 0.842. The number of esters is 2. The van der Waals surface area contributed by atoms with Gasteiger partial charge in [-0.15, -0.1) is 0 Å². The SMILES string of the molecule is CCOC(=O)[C@@H](OCC)[C@H](N[C@@H](C(=O)OCC)C(C)C)c1ccccc1. The summed E-state index contributed by atoms with van der Waals surface area (Å²) in [6.45, 7) is 10.1. The molecule has 0 unspecified atom stereocenters. The third kappa shape index (κ3) is 6.42. The Balaban J connectivity index is 3.21. The fourth-order valence-electron chi connectivity index (χ4n) is 2.68. The summed E-state index contributed by atoms with van der Waals surface area (Å²) in [5.74, 6) is -0.825. The zero-order valence-electron chi connectivity index (χ0n) is 16.4. The molecule has 0 heterocycles. The van der Waals surface area contributed by atoms with Crippen molar-refractivity contribution in [2.75, 3.05) is 19.8 Å². The largest absolute Gasteiger partial charge is 0.465 e. The van der Waals surface area contributed by atoms with Gasteiger partial charge in [-0.3, -0.25) is 10.1 Å². The van der Waals surface area contributed by atoms with Crippen molar-refractivity contribution in [3.63, 3.8) is 0 Å². The topological polar surface area (TPSA) is 73.9 Å². The first-order valence-corrected chi connectivity index (χ1v) is 9.21. The smallest absolute Gasteiger partial charge is 0.337 e. The quantitative estimate of drug-likeness (QED) is 0.608. The lowest BCUT2D eigenvalue weighted by atomic mass is 9.96. The average Bonchev–Trinajstić information content (AvgIpc) is 2.62. The van der Waals surface area contributed by atoms with E-state index in [4.69, 9.17) is 14.2 Å². The zero-order chi connectivity index (χ0) is 19.5. The first kappa shape index (κ1) is 22.1. The Bertz CT molecular complexity index is 546. The van der Waals surface area contributed by atoms with E-state index in [1.807, 2.05) is 51.1 Å². The molecular formula is C20H31NO5. The van der Waals surface area contributed by atoms with E-state index in [0.717, 1.165) is 5.56 Å². The Morgan fingerprint density at radius 3 is 2.00 bits per heavy atom. The van der Waals surface area contributed by atoms with Crippen LogP contribution in [0.3, 0.4) is 0 Å². The Hall–Kier alpha value is -1.92. The highest BCUT2D eigenvalue weighted by Crippen LogP contribution is 2.23. The molecular weight excluding hydrogens is 334 g/mol. The van der Waals surface area contributed by atoms with Crippen molar-refractivity contribution in [1.82, 2.24) is 5.32 Å². The average molecular weight is 365 g/mol. The van der Waals surface area contributed by atoms with Crippen LogP contribution < -0.4 is 5.32 Å². The van der Waals surface area contributed by atoms with Crippen molar-refractivity contribution in [3.05, 3.63) is 35.9 Å². The number of carbonyl (C=O) groups excluding carboxylic acids is 2. The molecule has 0 fully saturated rings. The zero-order valence-corrected chi connectivity index (χ0v) is 16.4. The Morgan fingerprint density at radius 1 is 0.923 bits per heavy atom. The summed E-state index contributed by atoms with van der Waals surface area (Å²) in [7, 11) is 0. The molecule has 1 aromatic rings. The highest BCUT2D eigenvalue weighted by atomic mass is 16.6. The van der Waals surface area contributed by atoms with E-state index in [0.29, 0.717) is 13.2 Å². The van der Waals surface area contributed by atoms with Crippen LogP contribution in [0.5, 0.6) is 0 Å². The van der Waals surface area contributed by atoms with Gasteiger partial charge in [-0.05, 0) is 32.3 Å². The second kappa shape index (κ2) is 11.6. The van der Waals surface area contributed by atoms with E-state index in [1.54, 1.807) is 13.8 Å². The van der Waals surface area contributed by atoms with Gasteiger partial charge in [-0.1, -0.05) is 44.2 Å². The third-order valence-corrected chi connectivity index (χ3v) is 3.89. The van der Waals surface area contributed by atoms with Crippen LogP contribution in [0.1, 0.15) is 46.2 Å². The van der Waals surface area contributed by atoms with Crippen LogP contribution >= 0.6 is 0 Å². The number of rotatable bonds is 11. The van der Waals surface area contributed by atoms with Crippen LogP contribution in [0.4, 0.5) is 0 Å². The minimum absolute atomic E-state index is 0.0234. The summed E-state index contributed by atoms with van der Waals surface area (Å²) in [6.07, 6.45) is -0.863. The molecule has 0 radical (unpaired) electrons. The molecule has 1 aromatic carbocycles. The van der Waals surface area contributed by atoms with Crippen LogP contribution in [-0.4, -0.2) is 43.9 Å². The molecule has 0 bridgehead atoms. The van der Waals surface area contributed by atoms with E-state index in [-0.39, 0.29) is 18.5 Å². The highest BCUT2D eigenvalue weighted by molar-refractivity contribution is 5.78. The molecule has 146 valence electrons. The fraction of sp³-hybridized carbons (Fsp3) is 0.600. The number of hydrogen-bond acceptors (Lipinski definition) is 6. The van der Waals surface area contributed by atoms with Gasteiger partial charge in [0.05, 0.1) is 19.3 Å². The molecule has 3 atom stereocenters. The lowest BCUT2D eigenvalue weighted by Crippen LogP contribution is -2.49. The van der Waals surface area contributed by atoms with E-state index >= 15 is 0 Å². The summed E-state index contributed by atoms with van der Waals surface area (Å²) in [4.78, 5) is 24.9. The Kier molecular flexibility index (Phi) is 9.91. The molecule has 26 heavy (non-hydrogen) atoms. The standard InChI is InChI=1S/C20H31NO5/c1-6-24-18(20(23)26-8-3)17(15-12-10-9-11-13-15)21-16(14(4)5)19(22)25-7-2/h9-14,16-18,21H,6-8H2,1-5H3/t16-,17-,18+/m1/s1. The van der Waals surface area contributed by atoms with E-state index in [2.05, 4.69) is 5.32 Å². The molecule has 1 N–H and O–H groups in total. The first-order valence-electron chi connectivity index (χ1n) is 9.21. The maximum absolute atomic E-state index is 12.5. The van der Waals surface area contributed by atoms with Gasteiger partial charge in [-0.25, -0.2) is 4.79 Å². The minimum atomic E-state index is -0.863. The molecule has 0 spiro atoms. The van der Waals surface area contributed by atoms with Gasteiger partial charge in [0.15, 0.2) is 6.10 Å². The molecule has 0 saturated heterocycles. The van der Waals surface area contributed by atoms with E-state index in [9.17, 15) is 9.59 Å². The van der Waals surface area contributed by atoms with Crippen molar-refractivity contribution in [3.8, 4) is 0 Å². The van der Waals surface area contributed by atoms with Crippen LogP contribution in [-0.2, 0) is 23.8 Å². The molecule has 0 aromatic heterocycles. The van der Waals surface area contributed by atoms with Gasteiger partial charge in [-0.2, -0.15) is 0 Å². The van der Waals surface area contributed by atoms with Crippen molar-refractivity contribution >= 4 is 11.9 Å². The van der Waals surface area contributed by atoms with Gasteiger partial charge >= 0.3 is 11.9 Å². The van der Waals surface area contributed by atoms with Crippen molar-refractivity contribution in [2.45, 2.75) is 52.8 Å².